The summed E-state index contributed by atoms with van der Waals surface area (Å²) in [4.78, 5) is 26.5. The highest BCUT2D eigenvalue weighted by molar-refractivity contribution is 5.84. The van der Waals surface area contributed by atoms with Gasteiger partial charge in [-0.05, 0) is 76.2 Å². The number of hydrogen-bond acceptors (Lipinski definition) is 3. The fourth-order valence-corrected chi connectivity index (χ4v) is 5.71. The highest BCUT2D eigenvalue weighted by atomic mass is 19.3. The SMILES string of the molecule is CC/C(=C\c1ccccc1)[C@H]1C[C@H]1C(F)(F)C(=O)N(F)C1CC2(CCN(C(=O)OC(C)(C)C)CC2)C1. The van der Waals surface area contributed by atoms with Crippen LogP contribution in [-0.2, 0) is 9.53 Å². The summed E-state index contributed by atoms with van der Waals surface area (Å²) < 4.78 is 50.4. The van der Waals surface area contributed by atoms with Crippen LogP contribution in [0.4, 0.5) is 18.1 Å². The molecule has 0 bridgehead atoms. The van der Waals surface area contributed by atoms with E-state index in [9.17, 15) is 14.1 Å². The van der Waals surface area contributed by atoms with Gasteiger partial charge in [0.1, 0.15) is 5.60 Å². The summed E-state index contributed by atoms with van der Waals surface area (Å²) >= 11 is 0. The minimum Gasteiger partial charge on any atom is -0.444 e. The molecule has 2 atom stereocenters. The van der Waals surface area contributed by atoms with Crippen molar-refractivity contribution in [3.63, 3.8) is 0 Å². The van der Waals surface area contributed by atoms with Crippen molar-refractivity contribution in [1.29, 1.82) is 0 Å². The largest absolute Gasteiger partial charge is 0.444 e. The van der Waals surface area contributed by atoms with Crippen LogP contribution >= 0.6 is 0 Å². The first kappa shape index (κ1) is 26.6. The molecule has 8 heteroatoms. The zero-order valence-electron chi connectivity index (χ0n) is 21.6. The van der Waals surface area contributed by atoms with E-state index < -0.39 is 35.3 Å². The maximum atomic E-state index is 15.1. The second kappa shape index (κ2) is 9.75. The monoisotopic (exact) mass is 506 g/mol. The van der Waals surface area contributed by atoms with E-state index in [1.807, 2.05) is 64.1 Å². The van der Waals surface area contributed by atoms with Gasteiger partial charge in [-0.25, -0.2) is 4.79 Å². The van der Waals surface area contributed by atoms with Crippen LogP contribution in [0.5, 0.6) is 0 Å². The Hall–Kier alpha value is -2.51. The van der Waals surface area contributed by atoms with Gasteiger partial charge in [0, 0.05) is 19.0 Å². The Morgan fingerprint density at radius 2 is 1.75 bits per heavy atom. The van der Waals surface area contributed by atoms with Crippen LogP contribution in [-0.4, -0.2) is 52.7 Å². The number of likely N-dealkylation sites (tertiary alicyclic amines) is 1. The first-order valence-electron chi connectivity index (χ1n) is 13.0. The lowest BCUT2D eigenvalue weighted by atomic mass is 9.60. The number of ether oxygens (including phenoxy) is 1. The van der Waals surface area contributed by atoms with Gasteiger partial charge in [-0.15, -0.1) is 0 Å². The normalized spacial score (nSPS) is 24.3. The van der Waals surface area contributed by atoms with E-state index in [0.717, 1.165) is 11.1 Å². The Bertz CT molecular complexity index is 989. The minimum absolute atomic E-state index is 0.189. The van der Waals surface area contributed by atoms with Crippen molar-refractivity contribution in [1.82, 2.24) is 10.0 Å². The number of allylic oxidation sites excluding steroid dienone is 1. The molecule has 1 spiro atoms. The Morgan fingerprint density at radius 1 is 1.14 bits per heavy atom. The van der Waals surface area contributed by atoms with Crippen LogP contribution in [0, 0.1) is 17.3 Å². The number of carbonyl (C=O) groups excluding carboxylic acids is 2. The average Bonchev–Trinajstić information content (AvgIpc) is 3.61. The number of hydrogen-bond donors (Lipinski definition) is 0. The third kappa shape index (κ3) is 5.57. The van der Waals surface area contributed by atoms with Crippen molar-refractivity contribution in [2.45, 2.75) is 83.8 Å². The molecule has 0 aromatic heterocycles. The Balaban J connectivity index is 1.30. The van der Waals surface area contributed by atoms with Gasteiger partial charge in [-0.1, -0.05) is 53.4 Å². The van der Waals surface area contributed by atoms with E-state index in [4.69, 9.17) is 4.74 Å². The molecule has 0 unspecified atom stereocenters. The van der Waals surface area contributed by atoms with E-state index in [0.29, 0.717) is 45.2 Å². The molecule has 5 nitrogen and oxygen atoms in total. The lowest BCUT2D eigenvalue weighted by molar-refractivity contribution is -0.195. The van der Waals surface area contributed by atoms with E-state index in [2.05, 4.69) is 0 Å². The number of carbonyl (C=O) groups is 2. The number of amides is 2. The van der Waals surface area contributed by atoms with Gasteiger partial charge in [0.2, 0.25) is 0 Å². The summed E-state index contributed by atoms with van der Waals surface area (Å²) in [5.41, 5.74) is 1.01. The second-order valence-corrected chi connectivity index (χ2v) is 11.7. The number of halogens is 3. The lowest BCUT2D eigenvalue weighted by Crippen LogP contribution is -2.57. The summed E-state index contributed by atoms with van der Waals surface area (Å²) in [6.45, 7) is 8.30. The molecule has 1 heterocycles. The lowest BCUT2D eigenvalue weighted by Gasteiger charge is -2.53. The van der Waals surface area contributed by atoms with E-state index in [1.54, 1.807) is 4.90 Å². The minimum atomic E-state index is -3.73. The van der Waals surface area contributed by atoms with Crippen molar-refractivity contribution in [3.05, 3.63) is 41.5 Å². The highest BCUT2D eigenvalue weighted by Crippen LogP contribution is 2.56. The predicted molar refractivity (Wildman–Crippen MR) is 132 cm³/mol. The average molecular weight is 507 g/mol. The molecule has 1 aromatic carbocycles. The summed E-state index contributed by atoms with van der Waals surface area (Å²) in [6, 6.07) is 8.64. The molecule has 4 rings (SSSR count). The number of nitrogens with zero attached hydrogens (tertiary/aromatic N) is 2. The molecule has 3 fully saturated rings. The third-order valence-corrected chi connectivity index (χ3v) is 7.91. The summed E-state index contributed by atoms with van der Waals surface area (Å²) in [6.07, 6.45) is 4.30. The Morgan fingerprint density at radius 3 is 2.31 bits per heavy atom. The number of rotatable bonds is 6. The van der Waals surface area contributed by atoms with Crippen LogP contribution in [0.3, 0.4) is 0 Å². The molecule has 36 heavy (non-hydrogen) atoms. The molecule has 2 aliphatic carbocycles. The number of alkyl halides is 2. The number of benzene rings is 1. The fraction of sp³-hybridized carbons (Fsp3) is 0.643. The predicted octanol–water partition coefficient (Wildman–Crippen LogP) is 6.64. The van der Waals surface area contributed by atoms with Gasteiger partial charge in [0.25, 0.3) is 0 Å². The van der Waals surface area contributed by atoms with E-state index in [1.165, 1.54) is 0 Å². The molecule has 1 saturated heterocycles. The molecule has 1 aliphatic heterocycles. The highest BCUT2D eigenvalue weighted by Gasteiger charge is 2.63. The Labute approximate surface area is 211 Å². The fourth-order valence-electron chi connectivity index (χ4n) is 5.71. The maximum absolute atomic E-state index is 15.1. The molecule has 1 aromatic rings. The van der Waals surface area contributed by atoms with Crippen molar-refractivity contribution >= 4 is 18.1 Å². The first-order valence-corrected chi connectivity index (χ1v) is 13.0. The zero-order valence-corrected chi connectivity index (χ0v) is 21.6. The van der Waals surface area contributed by atoms with Crippen LogP contribution < -0.4 is 0 Å². The van der Waals surface area contributed by atoms with Gasteiger partial charge in [-0.3, -0.25) is 4.79 Å². The molecule has 0 N–H and O–H groups in total. The molecule has 0 radical (unpaired) electrons. The molecular weight excluding hydrogens is 469 g/mol. The van der Waals surface area contributed by atoms with Gasteiger partial charge < -0.3 is 9.64 Å². The molecule has 198 valence electrons. The van der Waals surface area contributed by atoms with Gasteiger partial charge in [0.15, 0.2) is 0 Å². The smallest absolute Gasteiger partial charge is 0.410 e. The van der Waals surface area contributed by atoms with E-state index >= 15 is 8.78 Å². The van der Waals surface area contributed by atoms with Crippen LogP contribution in [0.25, 0.3) is 6.08 Å². The first-order chi connectivity index (χ1) is 16.8. The van der Waals surface area contributed by atoms with Crippen molar-refractivity contribution < 1.29 is 27.6 Å². The van der Waals surface area contributed by atoms with Gasteiger partial charge in [0.05, 0.1) is 6.04 Å². The molecule has 3 aliphatic rings. The standard InChI is InChI=1S/C28H37F3N2O3/c1-5-20(15-19-9-7-6-8-10-19)22-16-23(22)28(29,30)24(34)33(31)21-17-27(18-21)11-13-32(14-12-27)25(35)36-26(2,3)4/h6-10,15,21-23H,5,11-14,16-18H2,1-4H3/b20-15+/t22-,23-/m1/s1. The van der Waals surface area contributed by atoms with Gasteiger partial charge >= 0.3 is 17.9 Å². The van der Waals surface area contributed by atoms with E-state index in [-0.39, 0.29) is 23.1 Å². The number of piperidine rings is 1. The topological polar surface area (TPSA) is 49.9 Å². The quantitative estimate of drug-likeness (QED) is 0.406. The van der Waals surface area contributed by atoms with Gasteiger partial charge in [-0.2, -0.15) is 13.9 Å². The molecular formula is C28H37F3N2O3. The second-order valence-electron chi connectivity index (χ2n) is 11.7. The summed E-state index contributed by atoms with van der Waals surface area (Å²) in [5.74, 6) is -7.01. The summed E-state index contributed by atoms with van der Waals surface area (Å²) in [7, 11) is 0. The zero-order chi connectivity index (χ0) is 26.3. The van der Waals surface area contributed by atoms with Crippen molar-refractivity contribution in [2.75, 3.05) is 13.1 Å². The maximum Gasteiger partial charge on any atom is 0.410 e. The van der Waals surface area contributed by atoms with Crippen LogP contribution in [0.15, 0.2) is 35.9 Å². The third-order valence-electron chi connectivity index (χ3n) is 7.91. The summed E-state index contributed by atoms with van der Waals surface area (Å²) in [5, 5.41) is -0.201. The van der Waals surface area contributed by atoms with Crippen LogP contribution in [0.1, 0.15) is 71.8 Å². The Kier molecular flexibility index (Phi) is 7.19. The van der Waals surface area contributed by atoms with Crippen LogP contribution in [0.2, 0.25) is 0 Å². The van der Waals surface area contributed by atoms with Crippen molar-refractivity contribution in [3.8, 4) is 0 Å². The molecule has 2 saturated carbocycles. The van der Waals surface area contributed by atoms with Crippen molar-refractivity contribution in [2.24, 2.45) is 17.3 Å². The molecule has 2 amide bonds.